The van der Waals surface area contributed by atoms with Gasteiger partial charge in [0, 0.05) is 12.1 Å². The van der Waals surface area contributed by atoms with Crippen LogP contribution in [0, 0.1) is 19.8 Å². The molecule has 1 fully saturated rings. The van der Waals surface area contributed by atoms with Gasteiger partial charge < -0.3 is 15.6 Å². The first-order valence-corrected chi connectivity index (χ1v) is 9.28. The molecule has 27 heavy (non-hydrogen) atoms. The van der Waals surface area contributed by atoms with Gasteiger partial charge in [-0.15, -0.1) is 0 Å². The second kappa shape index (κ2) is 6.46. The van der Waals surface area contributed by atoms with Crippen LogP contribution in [0.5, 0.6) is 0 Å². The Kier molecular flexibility index (Phi) is 4.23. The number of benzene rings is 1. The fraction of sp³-hybridized carbons (Fsp3) is 0.381. The summed E-state index contributed by atoms with van der Waals surface area (Å²) in [5.74, 6) is 0.269. The van der Waals surface area contributed by atoms with Crippen LogP contribution in [-0.2, 0) is 0 Å². The van der Waals surface area contributed by atoms with Crippen molar-refractivity contribution in [2.75, 3.05) is 6.54 Å². The molecule has 4 rings (SSSR count). The SMILES string of the molecule is Cc1ccc(-c2cc(C(=O)NC(C)(CN)C3CC3)c3c(C)noc3n2)cc1. The highest BCUT2D eigenvalue weighted by molar-refractivity contribution is 6.07. The minimum atomic E-state index is -0.401. The van der Waals surface area contributed by atoms with E-state index >= 15 is 0 Å². The lowest BCUT2D eigenvalue weighted by molar-refractivity contribution is 0.0899. The minimum absolute atomic E-state index is 0.165. The van der Waals surface area contributed by atoms with Crippen LogP contribution in [0.25, 0.3) is 22.4 Å². The van der Waals surface area contributed by atoms with Crippen LogP contribution >= 0.6 is 0 Å². The Morgan fingerprint density at radius 2 is 2.00 bits per heavy atom. The van der Waals surface area contributed by atoms with Crippen LogP contribution in [0.4, 0.5) is 0 Å². The van der Waals surface area contributed by atoms with E-state index in [1.54, 1.807) is 0 Å². The Bertz CT molecular complexity index is 1000. The summed E-state index contributed by atoms with van der Waals surface area (Å²) in [6.45, 7) is 6.27. The monoisotopic (exact) mass is 364 g/mol. The van der Waals surface area contributed by atoms with Gasteiger partial charge in [-0.05, 0) is 45.6 Å². The number of fused-ring (bicyclic) bond motifs is 1. The number of nitrogens with zero attached hydrogens (tertiary/aromatic N) is 2. The highest BCUT2D eigenvalue weighted by Crippen LogP contribution is 2.39. The molecule has 1 amide bonds. The van der Waals surface area contributed by atoms with Gasteiger partial charge in [-0.25, -0.2) is 4.98 Å². The van der Waals surface area contributed by atoms with Gasteiger partial charge in [0.25, 0.3) is 11.6 Å². The van der Waals surface area contributed by atoms with Gasteiger partial charge >= 0.3 is 0 Å². The molecule has 1 saturated carbocycles. The highest BCUT2D eigenvalue weighted by Gasteiger charge is 2.42. The molecule has 3 aromatic rings. The maximum atomic E-state index is 13.2. The number of pyridine rings is 1. The number of carbonyl (C=O) groups excluding carboxylic acids is 1. The smallest absolute Gasteiger partial charge is 0.259 e. The van der Waals surface area contributed by atoms with Crippen LogP contribution in [0.1, 0.15) is 41.4 Å². The molecular formula is C21H24N4O2. The fourth-order valence-electron chi connectivity index (χ4n) is 3.51. The summed E-state index contributed by atoms with van der Waals surface area (Å²) in [5, 5.41) is 7.82. The lowest BCUT2D eigenvalue weighted by Gasteiger charge is -2.29. The van der Waals surface area contributed by atoms with E-state index in [1.807, 2.05) is 51.1 Å². The lowest BCUT2D eigenvalue weighted by Crippen LogP contribution is -2.53. The predicted molar refractivity (Wildman–Crippen MR) is 104 cm³/mol. The number of aryl methyl sites for hydroxylation is 2. The van der Waals surface area contributed by atoms with Gasteiger partial charge in [-0.2, -0.15) is 0 Å². The molecule has 6 heteroatoms. The molecule has 3 N–H and O–H groups in total. The summed E-state index contributed by atoms with van der Waals surface area (Å²) in [5.41, 5.74) is 9.89. The summed E-state index contributed by atoms with van der Waals surface area (Å²) in [7, 11) is 0. The van der Waals surface area contributed by atoms with Crippen LogP contribution in [-0.4, -0.2) is 28.1 Å². The second-order valence-electron chi connectivity index (χ2n) is 7.72. The van der Waals surface area contributed by atoms with Crippen molar-refractivity contribution in [3.63, 3.8) is 0 Å². The zero-order valence-electron chi connectivity index (χ0n) is 15.9. The summed E-state index contributed by atoms with van der Waals surface area (Å²) >= 11 is 0. The molecule has 1 unspecified atom stereocenters. The fourth-order valence-corrected chi connectivity index (χ4v) is 3.51. The Morgan fingerprint density at radius 1 is 1.30 bits per heavy atom. The first kappa shape index (κ1) is 17.7. The van der Waals surface area contributed by atoms with E-state index in [0.29, 0.717) is 40.5 Å². The lowest BCUT2D eigenvalue weighted by atomic mass is 9.95. The van der Waals surface area contributed by atoms with E-state index in [0.717, 1.165) is 24.0 Å². The molecule has 0 radical (unpaired) electrons. The average molecular weight is 364 g/mol. The maximum Gasteiger partial charge on any atom is 0.259 e. The predicted octanol–water partition coefficient (Wildman–Crippen LogP) is 3.36. The Hall–Kier alpha value is -2.73. The number of carbonyl (C=O) groups is 1. The van der Waals surface area contributed by atoms with Crippen LogP contribution in [0.2, 0.25) is 0 Å². The van der Waals surface area contributed by atoms with Crippen molar-refractivity contribution in [3.8, 4) is 11.3 Å². The first-order chi connectivity index (χ1) is 12.9. The summed E-state index contributed by atoms with van der Waals surface area (Å²) in [4.78, 5) is 17.8. The number of nitrogens with one attached hydrogen (secondary N) is 1. The topological polar surface area (TPSA) is 94.0 Å². The summed E-state index contributed by atoms with van der Waals surface area (Å²) in [6, 6.07) is 9.83. The molecule has 1 aliphatic rings. The van der Waals surface area contributed by atoms with Crippen LogP contribution in [0.3, 0.4) is 0 Å². The number of hydrogen-bond acceptors (Lipinski definition) is 5. The molecule has 1 aliphatic carbocycles. The average Bonchev–Trinajstić information content (AvgIpc) is 3.46. The van der Waals surface area contributed by atoms with Crippen molar-refractivity contribution < 1.29 is 9.32 Å². The molecule has 6 nitrogen and oxygen atoms in total. The Labute approximate surface area is 158 Å². The summed E-state index contributed by atoms with van der Waals surface area (Å²) in [6.07, 6.45) is 2.20. The Balaban J connectivity index is 1.79. The van der Waals surface area contributed by atoms with Crippen molar-refractivity contribution >= 4 is 17.0 Å². The molecule has 0 bridgehead atoms. The van der Waals surface area contributed by atoms with Gasteiger partial charge in [-0.1, -0.05) is 35.0 Å². The van der Waals surface area contributed by atoms with Gasteiger partial charge in [-0.3, -0.25) is 4.79 Å². The number of amides is 1. The van der Waals surface area contributed by atoms with Gasteiger partial charge in [0.05, 0.1) is 27.9 Å². The third-order valence-corrected chi connectivity index (χ3v) is 5.51. The quantitative estimate of drug-likeness (QED) is 0.724. The zero-order chi connectivity index (χ0) is 19.2. The third kappa shape index (κ3) is 3.21. The molecule has 2 aromatic heterocycles. The molecule has 1 aromatic carbocycles. The van der Waals surface area contributed by atoms with Crippen molar-refractivity contribution in [1.29, 1.82) is 0 Å². The molecule has 1 atom stereocenters. The van der Waals surface area contributed by atoms with E-state index in [2.05, 4.69) is 15.5 Å². The minimum Gasteiger partial charge on any atom is -0.345 e. The van der Waals surface area contributed by atoms with E-state index in [1.165, 1.54) is 0 Å². The number of aromatic nitrogens is 2. The number of rotatable bonds is 5. The van der Waals surface area contributed by atoms with Gasteiger partial charge in [0.1, 0.15) is 0 Å². The molecule has 140 valence electrons. The molecule has 0 spiro atoms. The van der Waals surface area contributed by atoms with Gasteiger partial charge in [0.2, 0.25) is 0 Å². The largest absolute Gasteiger partial charge is 0.345 e. The Morgan fingerprint density at radius 3 is 2.63 bits per heavy atom. The first-order valence-electron chi connectivity index (χ1n) is 9.28. The number of nitrogens with two attached hydrogens (primary N) is 1. The van der Waals surface area contributed by atoms with Crippen LogP contribution in [0.15, 0.2) is 34.9 Å². The number of hydrogen-bond donors (Lipinski definition) is 2. The van der Waals surface area contributed by atoms with Crippen molar-refractivity contribution in [1.82, 2.24) is 15.5 Å². The van der Waals surface area contributed by atoms with Crippen molar-refractivity contribution in [2.24, 2.45) is 11.7 Å². The molecule has 0 aliphatic heterocycles. The van der Waals surface area contributed by atoms with Gasteiger partial charge in [0.15, 0.2) is 0 Å². The van der Waals surface area contributed by atoms with E-state index in [9.17, 15) is 4.79 Å². The van der Waals surface area contributed by atoms with Crippen molar-refractivity contribution in [2.45, 2.75) is 39.2 Å². The zero-order valence-corrected chi connectivity index (χ0v) is 15.9. The van der Waals surface area contributed by atoms with E-state index in [4.69, 9.17) is 10.3 Å². The second-order valence-corrected chi connectivity index (χ2v) is 7.72. The van der Waals surface area contributed by atoms with Crippen molar-refractivity contribution in [3.05, 3.63) is 47.2 Å². The van der Waals surface area contributed by atoms with Crippen LogP contribution < -0.4 is 11.1 Å². The third-order valence-electron chi connectivity index (χ3n) is 5.51. The molecule has 2 heterocycles. The highest BCUT2D eigenvalue weighted by atomic mass is 16.5. The maximum absolute atomic E-state index is 13.2. The van der Waals surface area contributed by atoms with E-state index < -0.39 is 5.54 Å². The molecular weight excluding hydrogens is 340 g/mol. The normalized spacial score (nSPS) is 16.3. The summed E-state index contributed by atoms with van der Waals surface area (Å²) < 4.78 is 5.38. The van der Waals surface area contributed by atoms with E-state index in [-0.39, 0.29) is 5.91 Å². The molecule has 0 saturated heterocycles. The standard InChI is InChI=1S/C21H24N4O2/c1-12-4-6-14(7-5-12)17-10-16(18-13(2)25-27-20(18)23-17)19(26)24-21(3,11-22)15-8-9-15/h4-7,10,15H,8-9,11,22H2,1-3H3,(H,24,26).